The van der Waals surface area contributed by atoms with E-state index in [1.807, 2.05) is 44.4 Å². The van der Waals surface area contributed by atoms with Crippen molar-refractivity contribution in [2.24, 2.45) is 7.05 Å². The standard InChI is InChI=1S/C18H22N4O2/c1-5-16(23)17-13-7-6-12(14-8-9-21(4)19-14)10-15(13)22(20-17)11-18(2,3)24/h6-10,24H,5,11H2,1-4H3. The van der Waals surface area contributed by atoms with E-state index < -0.39 is 5.60 Å². The Labute approximate surface area is 140 Å². The maximum atomic E-state index is 12.2. The fraction of sp³-hybridized carbons (Fsp3) is 0.389. The van der Waals surface area contributed by atoms with Crippen LogP contribution in [0.2, 0.25) is 0 Å². The van der Waals surface area contributed by atoms with Gasteiger partial charge in [-0.25, -0.2) is 0 Å². The monoisotopic (exact) mass is 326 g/mol. The number of hydrogen-bond donors (Lipinski definition) is 1. The Bertz CT molecular complexity index is 900. The first-order valence-electron chi connectivity index (χ1n) is 8.04. The second-order valence-electron chi connectivity index (χ2n) is 6.70. The first kappa shape index (κ1) is 16.4. The highest BCUT2D eigenvalue weighted by molar-refractivity contribution is 6.06. The van der Waals surface area contributed by atoms with Gasteiger partial charge in [-0.15, -0.1) is 0 Å². The van der Waals surface area contributed by atoms with Gasteiger partial charge in [0.2, 0.25) is 0 Å². The average molecular weight is 326 g/mol. The van der Waals surface area contributed by atoms with Crippen LogP contribution in [0.1, 0.15) is 37.7 Å². The number of aromatic nitrogens is 4. The van der Waals surface area contributed by atoms with Crippen LogP contribution < -0.4 is 0 Å². The SMILES string of the molecule is CCC(=O)c1nn(CC(C)(C)O)c2cc(-c3ccn(C)n3)ccc12. The highest BCUT2D eigenvalue weighted by Crippen LogP contribution is 2.27. The van der Waals surface area contributed by atoms with Gasteiger partial charge < -0.3 is 5.11 Å². The largest absolute Gasteiger partial charge is 0.389 e. The molecule has 2 aromatic heterocycles. The molecule has 0 fully saturated rings. The zero-order valence-corrected chi connectivity index (χ0v) is 14.4. The van der Waals surface area contributed by atoms with Gasteiger partial charge in [0.05, 0.1) is 23.4 Å². The van der Waals surface area contributed by atoms with Crippen LogP contribution in [0.5, 0.6) is 0 Å². The van der Waals surface area contributed by atoms with Crippen molar-refractivity contribution >= 4 is 16.7 Å². The molecule has 6 nitrogen and oxygen atoms in total. The van der Waals surface area contributed by atoms with Gasteiger partial charge >= 0.3 is 0 Å². The van der Waals surface area contributed by atoms with E-state index in [1.165, 1.54) is 0 Å². The average Bonchev–Trinajstić information content (AvgIpc) is 3.09. The summed E-state index contributed by atoms with van der Waals surface area (Å²) < 4.78 is 3.46. The summed E-state index contributed by atoms with van der Waals surface area (Å²) in [6.07, 6.45) is 2.29. The first-order chi connectivity index (χ1) is 11.3. The molecule has 3 rings (SSSR count). The second kappa shape index (κ2) is 5.87. The minimum atomic E-state index is -0.924. The first-order valence-corrected chi connectivity index (χ1v) is 8.04. The number of benzene rings is 1. The van der Waals surface area contributed by atoms with Crippen LogP contribution in [-0.2, 0) is 13.6 Å². The van der Waals surface area contributed by atoms with Gasteiger partial charge in [0.1, 0.15) is 5.69 Å². The van der Waals surface area contributed by atoms with Crippen LogP contribution >= 0.6 is 0 Å². The van der Waals surface area contributed by atoms with Crippen LogP contribution in [0, 0.1) is 0 Å². The van der Waals surface area contributed by atoms with E-state index >= 15 is 0 Å². The summed E-state index contributed by atoms with van der Waals surface area (Å²) in [5.74, 6) is 0.0000760. The van der Waals surface area contributed by atoms with E-state index in [1.54, 1.807) is 23.2 Å². The van der Waals surface area contributed by atoms with Crippen LogP contribution in [0.25, 0.3) is 22.2 Å². The van der Waals surface area contributed by atoms with Crippen molar-refractivity contribution in [3.05, 3.63) is 36.2 Å². The molecule has 0 bridgehead atoms. The molecule has 0 saturated heterocycles. The summed E-state index contributed by atoms with van der Waals surface area (Å²) in [6.45, 7) is 5.59. The number of Topliss-reactive ketones (excluding diaryl/α,β-unsaturated/α-hetero) is 1. The maximum absolute atomic E-state index is 12.2. The fourth-order valence-electron chi connectivity index (χ4n) is 2.76. The topological polar surface area (TPSA) is 72.9 Å². The van der Waals surface area contributed by atoms with Gasteiger partial charge in [-0.1, -0.05) is 13.0 Å². The lowest BCUT2D eigenvalue weighted by Crippen LogP contribution is -2.26. The van der Waals surface area contributed by atoms with Crippen LogP contribution in [0.4, 0.5) is 0 Å². The van der Waals surface area contributed by atoms with Gasteiger partial charge in [-0.2, -0.15) is 10.2 Å². The van der Waals surface area contributed by atoms with E-state index in [9.17, 15) is 9.90 Å². The number of carbonyl (C=O) groups excluding carboxylic acids is 1. The minimum Gasteiger partial charge on any atom is -0.389 e. The molecular formula is C18H22N4O2. The Morgan fingerprint density at radius 2 is 2.00 bits per heavy atom. The van der Waals surface area contributed by atoms with Crippen molar-refractivity contribution in [2.45, 2.75) is 39.3 Å². The van der Waals surface area contributed by atoms with Crippen molar-refractivity contribution in [1.82, 2.24) is 19.6 Å². The zero-order valence-electron chi connectivity index (χ0n) is 14.4. The Morgan fingerprint density at radius 3 is 2.58 bits per heavy atom. The Kier molecular flexibility index (Phi) is 4.01. The van der Waals surface area contributed by atoms with Gasteiger partial charge in [0, 0.05) is 30.6 Å². The molecule has 0 unspecified atom stereocenters. The molecule has 0 atom stereocenters. The lowest BCUT2D eigenvalue weighted by atomic mass is 10.1. The Morgan fingerprint density at radius 1 is 1.25 bits per heavy atom. The molecule has 0 saturated carbocycles. The fourth-order valence-corrected chi connectivity index (χ4v) is 2.76. The summed E-state index contributed by atoms with van der Waals surface area (Å²) in [5, 5.41) is 19.9. The van der Waals surface area contributed by atoms with Crippen molar-refractivity contribution in [2.75, 3.05) is 0 Å². The molecule has 0 amide bonds. The lowest BCUT2D eigenvalue weighted by molar-refractivity contribution is 0.0588. The summed E-state index contributed by atoms with van der Waals surface area (Å²) in [5.41, 5.74) is 2.18. The number of hydrogen-bond acceptors (Lipinski definition) is 4. The van der Waals surface area contributed by atoms with Gasteiger partial charge in [-0.3, -0.25) is 14.2 Å². The summed E-state index contributed by atoms with van der Waals surface area (Å²) in [4.78, 5) is 12.2. The molecule has 1 aromatic carbocycles. The van der Waals surface area contributed by atoms with E-state index in [-0.39, 0.29) is 5.78 Å². The van der Waals surface area contributed by atoms with E-state index in [2.05, 4.69) is 10.2 Å². The predicted octanol–water partition coefficient (Wildman–Crippen LogP) is 2.80. The summed E-state index contributed by atoms with van der Waals surface area (Å²) in [7, 11) is 1.87. The van der Waals surface area contributed by atoms with E-state index in [0.29, 0.717) is 18.7 Å². The lowest BCUT2D eigenvalue weighted by Gasteiger charge is -2.17. The third kappa shape index (κ3) is 3.10. The highest BCUT2D eigenvalue weighted by atomic mass is 16.3. The Balaban J connectivity index is 2.18. The van der Waals surface area contributed by atoms with E-state index in [0.717, 1.165) is 22.2 Å². The number of aliphatic hydroxyl groups is 1. The highest BCUT2D eigenvalue weighted by Gasteiger charge is 2.21. The number of fused-ring (bicyclic) bond motifs is 1. The number of rotatable bonds is 5. The number of carbonyl (C=O) groups is 1. The van der Waals surface area contributed by atoms with Crippen LogP contribution in [0.3, 0.4) is 0 Å². The van der Waals surface area contributed by atoms with Gasteiger partial charge in [0.25, 0.3) is 0 Å². The smallest absolute Gasteiger partial charge is 0.183 e. The van der Waals surface area contributed by atoms with Crippen molar-refractivity contribution in [1.29, 1.82) is 0 Å². The van der Waals surface area contributed by atoms with Gasteiger partial charge in [0.15, 0.2) is 5.78 Å². The van der Waals surface area contributed by atoms with Gasteiger partial charge in [-0.05, 0) is 32.0 Å². The molecular weight excluding hydrogens is 304 g/mol. The van der Waals surface area contributed by atoms with E-state index in [4.69, 9.17) is 0 Å². The quantitative estimate of drug-likeness (QED) is 0.732. The molecule has 3 aromatic rings. The number of ketones is 1. The molecule has 2 heterocycles. The molecule has 0 spiro atoms. The maximum Gasteiger partial charge on any atom is 0.183 e. The normalized spacial score (nSPS) is 12.0. The Hall–Kier alpha value is -2.47. The molecule has 0 radical (unpaired) electrons. The summed E-state index contributed by atoms with van der Waals surface area (Å²) in [6, 6.07) is 7.78. The molecule has 126 valence electrons. The van der Waals surface area contributed by atoms with Crippen LogP contribution in [-0.4, -0.2) is 36.1 Å². The molecule has 0 aliphatic rings. The molecule has 0 aliphatic heterocycles. The van der Waals surface area contributed by atoms with Crippen molar-refractivity contribution < 1.29 is 9.90 Å². The molecule has 1 N–H and O–H groups in total. The molecule has 6 heteroatoms. The summed E-state index contributed by atoms with van der Waals surface area (Å²) >= 11 is 0. The molecule has 0 aliphatic carbocycles. The second-order valence-corrected chi connectivity index (χ2v) is 6.70. The zero-order chi connectivity index (χ0) is 17.5. The third-order valence-electron chi connectivity index (χ3n) is 3.88. The van der Waals surface area contributed by atoms with Crippen LogP contribution in [0.15, 0.2) is 30.5 Å². The van der Waals surface area contributed by atoms with Crippen molar-refractivity contribution in [3.63, 3.8) is 0 Å². The number of aryl methyl sites for hydroxylation is 1. The molecule has 24 heavy (non-hydrogen) atoms. The van der Waals surface area contributed by atoms with Crippen molar-refractivity contribution in [3.8, 4) is 11.3 Å². The minimum absolute atomic E-state index is 0.0000760. The predicted molar refractivity (Wildman–Crippen MR) is 92.9 cm³/mol. The third-order valence-corrected chi connectivity index (χ3v) is 3.88. The number of nitrogens with zero attached hydrogens (tertiary/aromatic N) is 4.